The molecule has 1 heterocycles. The maximum absolute atomic E-state index is 5.80. The highest BCUT2D eigenvalue weighted by atomic mass is 35.5. The normalized spacial score (nSPS) is 31.1. The first-order valence-corrected chi connectivity index (χ1v) is 5.09. The van der Waals surface area contributed by atoms with E-state index in [1.807, 2.05) is 0 Å². The zero-order chi connectivity index (χ0) is 8.10. The second-order valence-electron chi connectivity index (χ2n) is 3.25. The van der Waals surface area contributed by atoms with Gasteiger partial charge in [0.15, 0.2) is 0 Å². The Labute approximate surface area is 74.1 Å². The van der Waals surface area contributed by atoms with Gasteiger partial charge in [0, 0.05) is 18.4 Å². The van der Waals surface area contributed by atoms with E-state index >= 15 is 0 Å². The molecule has 1 saturated heterocycles. The zero-order valence-electron chi connectivity index (χ0n) is 7.18. The molecule has 0 aliphatic carbocycles. The van der Waals surface area contributed by atoms with E-state index in [1.165, 1.54) is 19.3 Å². The van der Waals surface area contributed by atoms with Gasteiger partial charge in [-0.3, -0.25) is 0 Å². The van der Waals surface area contributed by atoms with Crippen molar-refractivity contribution < 1.29 is 4.74 Å². The summed E-state index contributed by atoms with van der Waals surface area (Å²) in [7, 11) is 0. The smallest absolute Gasteiger partial charge is 0.0615 e. The van der Waals surface area contributed by atoms with E-state index in [-0.39, 0.29) is 0 Å². The molecule has 0 N–H and O–H groups in total. The highest BCUT2D eigenvalue weighted by Gasteiger charge is 2.26. The van der Waals surface area contributed by atoms with Crippen LogP contribution in [0.4, 0.5) is 0 Å². The summed E-state index contributed by atoms with van der Waals surface area (Å²) in [5.74, 6) is 1.40. The lowest BCUT2D eigenvalue weighted by molar-refractivity contribution is 0.0858. The van der Waals surface area contributed by atoms with Crippen LogP contribution in [-0.4, -0.2) is 18.6 Å². The van der Waals surface area contributed by atoms with Crippen molar-refractivity contribution in [3.63, 3.8) is 0 Å². The van der Waals surface area contributed by atoms with Crippen LogP contribution in [0.3, 0.4) is 0 Å². The van der Waals surface area contributed by atoms with Crippen molar-refractivity contribution in [1.29, 1.82) is 0 Å². The molecule has 2 atom stereocenters. The molecule has 0 radical (unpaired) electrons. The third-order valence-corrected chi connectivity index (χ3v) is 2.78. The van der Waals surface area contributed by atoms with E-state index in [0.29, 0.717) is 12.0 Å². The van der Waals surface area contributed by atoms with Gasteiger partial charge in [0.1, 0.15) is 0 Å². The Balaban J connectivity index is 2.20. The lowest BCUT2D eigenvalue weighted by Gasteiger charge is -2.14. The number of hydrogen-bond acceptors (Lipinski definition) is 1. The molecule has 1 fully saturated rings. The standard InChI is InChI=1S/C9H17ClO/c1-2-3-4-9-8(7-10)5-6-11-9/h8-9H,2-7H2,1H3. The van der Waals surface area contributed by atoms with E-state index in [1.54, 1.807) is 0 Å². The van der Waals surface area contributed by atoms with Crippen LogP contribution in [0.25, 0.3) is 0 Å². The summed E-state index contributed by atoms with van der Waals surface area (Å²) in [6.07, 6.45) is 5.37. The Morgan fingerprint density at radius 1 is 1.55 bits per heavy atom. The van der Waals surface area contributed by atoms with Crippen LogP contribution in [0.5, 0.6) is 0 Å². The van der Waals surface area contributed by atoms with Crippen LogP contribution in [0.1, 0.15) is 32.6 Å². The van der Waals surface area contributed by atoms with Crippen LogP contribution in [0, 0.1) is 5.92 Å². The van der Waals surface area contributed by atoms with Crippen LogP contribution in [0.2, 0.25) is 0 Å². The van der Waals surface area contributed by atoms with Crippen molar-refractivity contribution in [2.24, 2.45) is 5.92 Å². The molecule has 1 aliphatic rings. The van der Waals surface area contributed by atoms with E-state index in [9.17, 15) is 0 Å². The molecule has 0 aromatic heterocycles. The second kappa shape index (κ2) is 5.00. The van der Waals surface area contributed by atoms with Crippen molar-refractivity contribution in [2.75, 3.05) is 12.5 Å². The Bertz CT molecular complexity index is 106. The maximum atomic E-state index is 5.80. The van der Waals surface area contributed by atoms with Crippen LogP contribution in [-0.2, 0) is 4.74 Å². The Kier molecular flexibility index (Phi) is 4.24. The fraction of sp³-hybridized carbons (Fsp3) is 1.00. The average molecular weight is 177 g/mol. The lowest BCUT2D eigenvalue weighted by atomic mass is 9.99. The molecule has 0 spiro atoms. The number of alkyl halides is 1. The maximum Gasteiger partial charge on any atom is 0.0615 e. The summed E-state index contributed by atoms with van der Waals surface area (Å²) in [5.41, 5.74) is 0. The van der Waals surface area contributed by atoms with E-state index in [0.717, 1.165) is 18.9 Å². The SMILES string of the molecule is CCCCC1OCCC1CCl. The predicted molar refractivity (Wildman–Crippen MR) is 48.1 cm³/mol. The molecule has 0 bridgehead atoms. The van der Waals surface area contributed by atoms with Crippen molar-refractivity contribution in [3.05, 3.63) is 0 Å². The summed E-state index contributed by atoms with van der Waals surface area (Å²) in [5, 5.41) is 0. The Hall–Kier alpha value is 0.250. The summed E-state index contributed by atoms with van der Waals surface area (Å²) in [6.45, 7) is 3.14. The molecule has 1 rings (SSSR count). The van der Waals surface area contributed by atoms with Gasteiger partial charge in [-0.1, -0.05) is 19.8 Å². The molecule has 0 amide bonds. The van der Waals surface area contributed by atoms with Gasteiger partial charge >= 0.3 is 0 Å². The molecular weight excluding hydrogens is 160 g/mol. The van der Waals surface area contributed by atoms with Gasteiger partial charge in [0.05, 0.1) is 6.10 Å². The van der Waals surface area contributed by atoms with Gasteiger partial charge in [-0.05, 0) is 12.8 Å². The van der Waals surface area contributed by atoms with Gasteiger partial charge in [-0.15, -0.1) is 11.6 Å². The number of hydrogen-bond donors (Lipinski definition) is 0. The van der Waals surface area contributed by atoms with E-state index in [4.69, 9.17) is 16.3 Å². The Morgan fingerprint density at radius 2 is 2.36 bits per heavy atom. The van der Waals surface area contributed by atoms with Crippen LogP contribution in [0.15, 0.2) is 0 Å². The van der Waals surface area contributed by atoms with Crippen molar-refractivity contribution in [2.45, 2.75) is 38.7 Å². The molecule has 2 unspecified atom stereocenters. The summed E-state index contributed by atoms with van der Waals surface area (Å²) in [6, 6.07) is 0. The highest BCUT2D eigenvalue weighted by Crippen LogP contribution is 2.25. The quantitative estimate of drug-likeness (QED) is 0.599. The molecular formula is C9H17ClO. The number of unbranched alkanes of at least 4 members (excludes halogenated alkanes) is 1. The predicted octanol–water partition coefficient (Wildman–Crippen LogP) is 2.82. The van der Waals surface area contributed by atoms with E-state index < -0.39 is 0 Å². The second-order valence-corrected chi connectivity index (χ2v) is 3.56. The van der Waals surface area contributed by atoms with E-state index in [2.05, 4.69) is 6.92 Å². The molecule has 0 saturated carbocycles. The average Bonchev–Trinajstić information content (AvgIpc) is 2.47. The van der Waals surface area contributed by atoms with Gasteiger partial charge in [0.25, 0.3) is 0 Å². The first-order chi connectivity index (χ1) is 5.38. The van der Waals surface area contributed by atoms with Crippen molar-refractivity contribution in [1.82, 2.24) is 0 Å². The fourth-order valence-corrected chi connectivity index (χ4v) is 1.95. The van der Waals surface area contributed by atoms with Gasteiger partial charge in [-0.2, -0.15) is 0 Å². The molecule has 0 aromatic rings. The largest absolute Gasteiger partial charge is 0.378 e. The zero-order valence-corrected chi connectivity index (χ0v) is 7.94. The number of halogens is 1. The topological polar surface area (TPSA) is 9.23 Å². The van der Waals surface area contributed by atoms with Crippen molar-refractivity contribution in [3.8, 4) is 0 Å². The Morgan fingerprint density at radius 3 is 3.00 bits per heavy atom. The van der Waals surface area contributed by atoms with Gasteiger partial charge in [0.2, 0.25) is 0 Å². The minimum atomic E-state index is 0.465. The summed E-state index contributed by atoms with van der Waals surface area (Å²) in [4.78, 5) is 0. The minimum Gasteiger partial charge on any atom is -0.378 e. The molecule has 66 valence electrons. The summed E-state index contributed by atoms with van der Waals surface area (Å²) < 4.78 is 5.57. The molecule has 1 aliphatic heterocycles. The number of rotatable bonds is 4. The lowest BCUT2D eigenvalue weighted by Crippen LogP contribution is -2.16. The third-order valence-electron chi connectivity index (χ3n) is 2.39. The highest BCUT2D eigenvalue weighted by molar-refractivity contribution is 6.18. The molecule has 2 heteroatoms. The van der Waals surface area contributed by atoms with Gasteiger partial charge < -0.3 is 4.74 Å². The summed E-state index contributed by atoms with van der Waals surface area (Å²) >= 11 is 5.80. The van der Waals surface area contributed by atoms with Crippen LogP contribution < -0.4 is 0 Å². The van der Waals surface area contributed by atoms with Crippen molar-refractivity contribution >= 4 is 11.6 Å². The molecule has 11 heavy (non-hydrogen) atoms. The monoisotopic (exact) mass is 176 g/mol. The molecule has 1 nitrogen and oxygen atoms in total. The van der Waals surface area contributed by atoms with Crippen LogP contribution >= 0.6 is 11.6 Å². The fourth-order valence-electron chi connectivity index (χ4n) is 1.59. The first-order valence-electron chi connectivity index (χ1n) is 4.56. The third kappa shape index (κ3) is 2.64. The molecule has 0 aromatic carbocycles. The minimum absolute atomic E-state index is 0.465. The number of ether oxygens (including phenoxy) is 1. The first kappa shape index (κ1) is 9.34. The van der Waals surface area contributed by atoms with Gasteiger partial charge in [-0.25, -0.2) is 0 Å².